The van der Waals surface area contributed by atoms with Crippen molar-refractivity contribution in [2.24, 2.45) is 0 Å². The Morgan fingerprint density at radius 2 is 1.87 bits per heavy atom. The molecule has 7 nitrogen and oxygen atoms in total. The molecular formula is C29H29ClN2O5S. The van der Waals surface area contributed by atoms with E-state index in [-0.39, 0.29) is 22.7 Å². The van der Waals surface area contributed by atoms with Gasteiger partial charge in [0.1, 0.15) is 22.2 Å². The summed E-state index contributed by atoms with van der Waals surface area (Å²) in [5.41, 5.74) is 2.01. The first-order valence-corrected chi connectivity index (χ1v) is 13.5. The average Bonchev–Trinajstić information content (AvgIpc) is 3.34. The van der Waals surface area contributed by atoms with Crippen LogP contribution in [-0.4, -0.2) is 32.2 Å². The zero-order chi connectivity index (χ0) is 27.5. The number of nitriles is 1. The Morgan fingerprint density at radius 3 is 2.53 bits per heavy atom. The average molecular weight is 553 g/mol. The van der Waals surface area contributed by atoms with Gasteiger partial charge in [0.25, 0.3) is 5.91 Å². The van der Waals surface area contributed by atoms with Crippen LogP contribution in [-0.2, 0) is 9.53 Å². The van der Waals surface area contributed by atoms with Gasteiger partial charge >= 0.3 is 5.97 Å². The second-order valence-electron chi connectivity index (χ2n) is 8.17. The van der Waals surface area contributed by atoms with Gasteiger partial charge in [-0.3, -0.25) is 4.79 Å². The van der Waals surface area contributed by atoms with E-state index in [1.807, 2.05) is 6.07 Å². The maximum Gasteiger partial charge on any atom is 0.341 e. The van der Waals surface area contributed by atoms with Crippen LogP contribution < -0.4 is 14.8 Å². The van der Waals surface area contributed by atoms with Crippen molar-refractivity contribution >= 4 is 45.9 Å². The van der Waals surface area contributed by atoms with Gasteiger partial charge in [0, 0.05) is 16.0 Å². The van der Waals surface area contributed by atoms with E-state index in [1.54, 1.807) is 54.8 Å². The van der Waals surface area contributed by atoms with Crippen molar-refractivity contribution < 1.29 is 23.8 Å². The molecule has 0 aliphatic rings. The molecule has 9 heteroatoms. The van der Waals surface area contributed by atoms with Gasteiger partial charge in [0.15, 0.2) is 11.5 Å². The molecule has 0 aliphatic carbocycles. The standard InChI is InChI=1S/C29H29ClN2O5S/c1-4-6-7-14-37-24-13-8-19(16-25(24)35-3)15-21(17-31)27(33)32-28-26(29(34)36-5-2)23(18-38-28)20-9-11-22(30)12-10-20/h8-13,15-16,18H,4-7,14H2,1-3H3,(H,32,33)/b21-15-. The highest BCUT2D eigenvalue weighted by molar-refractivity contribution is 7.15. The summed E-state index contributed by atoms with van der Waals surface area (Å²) >= 11 is 7.18. The van der Waals surface area contributed by atoms with Gasteiger partial charge in [-0.25, -0.2) is 4.79 Å². The van der Waals surface area contributed by atoms with Gasteiger partial charge in [-0.1, -0.05) is 49.6 Å². The second kappa shape index (κ2) is 14.2. The van der Waals surface area contributed by atoms with E-state index in [2.05, 4.69) is 12.2 Å². The Kier molecular flexibility index (Phi) is 10.8. The lowest BCUT2D eigenvalue weighted by Crippen LogP contribution is -2.16. The molecule has 0 saturated carbocycles. The molecule has 3 rings (SSSR count). The van der Waals surface area contributed by atoms with Crippen molar-refractivity contribution in [2.45, 2.75) is 33.1 Å². The fraction of sp³-hybridized carbons (Fsp3) is 0.276. The van der Waals surface area contributed by atoms with Crippen LogP contribution in [0.1, 0.15) is 49.0 Å². The van der Waals surface area contributed by atoms with E-state index in [0.29, 0.717) is 34.3 Å². The van der Waals surface area contributed by atoms with Crippen LogP contribution in [0.15, 0.2) is 53.4 Å². The second-order valence-corrected chi connectivity index (χ2v) is 9.49. The predicted octanol–water partition coefficient (Wildman–Crippen LogP) is 7.37. The predicted molar refractivity (Wildman–Crippen MR) is 151 cm³/mol. The Balaban J connectivity index is 1.86. The van der Waals surface area contributed by atoms with E-state index in [1.165, 1.54) is 24.5 Å². The van der Waals surface area contributed by atoms with Gasteiger partial charge in [-0.15, -0.1) is 11.3 Å². The van der Waals surface area contributed by atoms with E-state index >= 15 is 0 Å². The Morgan fingerprint density at radius 1 is 1.11 bits per heavy atom. The fourth-order valence-corrected chi connectivity index (χ4v) is 4.69. The number of ether oxygens (including phenoxy) is 3. The molecule has 1 aromatic heterocycles. The summed E-state index contributed by atoms with van der Waals surface area (Å²) in [7, 11) is 1.53. The first-order chi connectivity index (χ1) is 18.4. The molecule has 38 heavy (non-hydrogen) atoms. The fourth-order valence-electron chi connectivity index (χ4n) is 3.61. The highest BCUT2D eigenvalue weighted by Gasteiger charge is 2.24. The normalized spacial score (nSPS) is 11.0. The number of carbonyl (C=O) groups excluding carboxylic acids is 2. The van der Waals surface area contributed by atoms with Gasteiger partial charge in [0.2, 0.25) is 0 Å². The molecule has 0 saturated heterocycles. The number of carbonyl (C=O) groups is 2. The maximum atomic E-state index is 13.1. The number of esters is 1. The molecule has 0 fully saturated rings. The highest BCUT2D eigenvalue weighted by atomic mass is 35.5. The number of benzene rings is 2. The van der Waals surface area contributed by atoms with Crippen molar-refractivity contribution in [3.05, 3.63) is 69.6 Å². The SMILES string of the molecule is CCCCCOc1ccc(/C=C(/C#N)C(=O)Nc2scc(-c3ccc(Cl)cc3)c2C(=O)OCC)cc1OC. The number of halogens is 1. The quantitative estimate of drug-likeness (QED) is 0.109. The summed E-state index contributed by atoms with van der Waals surface area (Å²) in [6, 6.07) is 14.1. The van der Waals surface area contributed by atoms with Gasteiger partial charge in [-0.2, -0.15) is 5.26 Å². The molecular weight excluding hydrogens is 524 g/mol. The topological polar surface area (TPSA) is 97.7 Å². The zero-order valence-corrected chi connectivity index (χ0v) is 23.1. The summed E-state index contributed by atoms with van der Waals surface area (Å²) < 4.78 is 16.5. The van der Waals surface area contributed by atoms with Crippen molar-refractivity contribution in [3.8, 4) is 28.7 Å². The molecule has 0 radical (unpaired) electrons. The van der Waals surface area contributed by atoms with E-state index in [9.17, 15) is 14.9 Å². The molecule has 0 spiro atoms. The minimum absolute atomic E-state index is 0.139. The molecule has 2 aromatic carbocycles. The Hall–Kier alpha value is -3.80. The van der Waals surface area contributed by atoms with Gasteiger partial charge in [0.05, 0.1) is 20.3 Å². The third kappa shape index (κ3) is 7.37. The Labute approximate surface area is 231 Å². The van der Waals surface area contributed by atoms with Crippen molar-refractivity contribution in [2.75, 3.05) is 25.6 Å². The lowest BCUT2D eigenvalue weighted by atomic mass is 10.0. The third-order valence-electron chi connectivity index (χ3n) is 5.52. The minimum atomic E-state index is -0.651. The number of thiophene rings is 1. The van der Waals surface area contributed by atoms with Crippen LogP contribution in [0.4, 0.5) is 5.00 Å². The molecule has 0 unspecified atom stereocenters. The number of nitrogens with one attached hydrogen (secondary N) is 1. The van der Waals surface area contributed by atoms with Crippen LogP contribution in [0.25, 0.3) is 17.2 Å². The third-order valence-corrected chi connectivity index (χ3v) is 6.67. The number of nitrogens with zero attached hydrogens (tertiary/aromatic N) is 1. The maximum absolute atomic E-state index is 13.1. The smallest absolute Gasteiger partial charge is 0.341 e. The minimum Gasteiger partial charge on any atom is -0.493 e. The largest absolute Gasteiger partial charge is 0.493 e. The molecule has 1 heterocycles. The number of methoxy groups -OCH3 is 1. The summed E-state index contributed by atoms with van der Waals surface area (Å²) in [6.07, 6.45) is 4.57. The lowest BCUT2D eigenvalue weighted by Gasteiger charge is -2.11. The number of hydrogen-bond donors (Lipinski definition) is 1. The summed E-state index contributed by atoms with van der Waals surface area (Å²) in [5, 5.41) is 15.0. The van der Waals surface area contributed by atoms with Crippen LogP contribution in [0.3, 0.4) is 0 Å². The lowest BCUT2D eigenvalue weighted by molar-refractivity contribution is -0.112. The first-order valence-electron chi connectivity index (χ1n) is 12.2. The van der Waals surface area contributed by atoms with Crippen LogP contribution in [0, 0.1) is 11.3 Å². The molecule has 1 N–H and O–H groups in total. The highest BCUT2D eigenvalue weighted by Crippen LogP contribution is 2.37. The van der Waals surface area contributed by atoms with E-state index < -0.39 is 11.9 Å². The van der Waals surface area contributed by atoms with E-state index in [0.717, 1.165) is 24.8 Å². The van der Waals surface area contributed by atoms with Crippen molar-refractivity contribution in [3.63, 3.8) is 0 Å². The summed E-state index contributed by atoms with van der Waals surface area (Å²) in [6.45, 7) is 4.58. The van der Waals surface area contributed by atoms with E-state index in [4.69, 9.17) is 25.8 Å². The van der Waals surface area contributed by atoms with Crippen LogP contribution in [0.5, 0.6) is 11.5 Å². The summed E-state index contributed by atoms with van der Waals surface area (Å²) in [4.78, 5) is 25.9. The molecule has 0 atom stereocenters. The molecule has 0 bridgehead atoms. The monoisotopic (exact) mass is 552 g/mol. The van der Waals surface area contributed by atoms with Crippen molar-refractivity contribution in [1.82, 2.24) is 0 Å². The van der Waals surface area contributed by atoms with Crippen LogP contribution >= 0.6 is 22.9 Å². The number of anilines is 1. The molecule has 198 valence electrons. The first kappa shape index (κ1) is 28.8. The zero-order valence-electron chi connectivity index (χ0n) is 21.5. The Bertz CT molecular complexity index is 1340. The number of unbranched alkanes of at least 4 members (excludes halogenated alkanes) is 2. The molecule has 1 amide bonds. The summed E-state index contributed by atoms with van der Waals surface area (Å²) in [5.74, 6) is -0.128. The van der Waals surface area contributed by atoms with Crippen molar-refractivity contribution in [1.29, 1.82) is 5.26 Å². The van der Waals surface area contributed by atoms with Gasteiger partial charge in [-0.05, 0) is 54.8 Å². The number of hydrogen-bond acceptors (Lipinski definition) is 7. The number of amides is 1. The van der Waals surface area contributed by atoms with Gasteiger partial charge < -0.3 is 19.5 Å². The molecule has 3 aromatic rings. The molecule has 0 aliphatic heterocycles. The van der Waals surface area contributed by atoms with Crippen LogP contribution in [0.2, 0.25) is 5.02 Å². The number of rotatable bonds is 12.